The van der Waals surface area contributed by atoms with Crippen molar-refractivity contribution in [1.29, 1.82) is 0 Å². The standard InChI is InChI=1S/C14H15N3O2S/c18-14(17-10-3-6-19-7-4-10)11-2-1-5-16-13(11)12-8-15-9-20-12/h1-2,5,8-10H,3-4,6-7H2,(H,17,18). The van der Waals surface area contributed by atoms with Gasteiger partial charge in [-0.15, -0.1) is 11.3 Å². The maximum Gasteiger partial charge on any atom is 0.253 e. The SMILES string of the molecule is O=C(NC1CCOCC1)c1cccnc1-c1cncs1. The molecule has 1 fully saturated rings. The van der Waals surface area contributed by atoms with E-state index in [4.69, 9.17) is 4.74 Å². The predicted molar refractivity (Wildman–Crippen MR) is 76.7 cm³/mol. The maximum absolute atomic E-state index is 12.4. The van der Waals surface area contributed by atoms with Gasteiger partial charge in [0, 0.05) is 31.6 Å². The number of pyridine rings is 1. The van der Waals surface area contributed by atoms with Gasteiger partial charge in [0.25, 0.3) is 5.91 Å². The molecule has 0 aliphatic carbocycles. The molecule has 0 unspecified atom stereocenters. The lowest BCUT2D eigenvalue weighted by Crippen LogP contribution is -2.39. The van der Waals surface area contributed by atoms with E-state index in [1.165, 1.54) is 11.3 Å². The lowest BCUT2D eigenvalue weighted by atomic mass is 10.1. The molecule has 1 aliphatic rings. The van der Waals surface area contributed by atoms with E-state index in [0.717, 1.165) is 17.7 Å². The van der Waals surface area contributed by atoms with E-state index in [1.807, 2.05) is 0 Å². The zero-order valence-electron chi connectivity index (χ0n) is 10.9. The van der Waals surface area contributed by atoms with Crippen molar-refractivity contribution in [2.24, 2.45) is 0 Å². The molecule has 5 nitrogen and oxygen atoms in total. The Bertz CT molecular complexity index is 580. The molecule has 6 heteroatoms. The first kappa shape index (κ1) is 13.2. The summed E-state index contributed by atoms with van der Waals surface area (Å²) in [6, 6.07) is 3.77. The van der Waals surface area contributed by atoms with Crippen LogP contribution in [0.3, 0.4) is 0 Å². The maximum atomic E-state index is 12.4. The van der Waals surface area contributed by atoms with Crippen LogP contribution in [0.2, 0.25) is 0 Å². The van der Waals surface area contributed by atoms with Gasteiger partial charge in [-0.3, -0.25) is 14.8 Å². The third kappa shape index (κ3) is 2.86. The van der Waals surface area contributed by atoms with Crippen LogP contribution in [0.1, 0.15) is 23.2 Å². The second kappa shape index (κ2) is 6.11. The number of rotatable bonds is 3. The zero-order valence-corrected chi connectivity index (χ0v) is 11.7. The van der Waals surface area contributed by atoms with Crippen molar-refractivity contribution >= 4 is 17.2 Å². The number of ether oxygens (including phenoxy) is 1. The summed E-state index contributed by atoms with van der Waals surface area (Å²) < 4.78 is 5.30. The van der Waals surface area contributed by atoms with Crippen LogP contribution in [0.25, 0.3) is 10.6 Å². The molecule has 2 aromatic heterocycles. The fourth-order valence-corrected chi connectivity index (χ4v) is 2.85. The molecular formula is C14H15N3O2S. The molecule has 1 aliphatic heterocycles. The van der Waals surface area contributed by atoms with Crippen LogP contribution in [0.5, 0.6) is 0 Å². The van der Waals surface area contributed by atoms with Crippen molar-refractivity contribution in [3.63, 3.8) is 0 Å². The first-order valence-electron chi connectivity index (χ1n) is 6.57. The molecule has 0 spiro atoms. The minimum atomic E-state index is -0.0756. The van der Waals surface area contributed by atoms with Gasteiger partial charge in [0.05, 0.1) is 21.6 Å². The molecule has 0 aromatic carbocycles. The summed E-state index contributed by atoms with van der Waals surface area (Å²) in [7, 11) is 0. The number of hydrogen-bond acceptors (Lipinski definition) is 5. The molecule has 3 heterocycles. The van der Waals surface area contributed by atoms with Gasteiger partial charge in [-0.2, -0.15) is 0 Å². The van der Waals surface area contributed by atoms with Crippen LogP contribution >= 0.6 is 11.3 Å². The van der Waals surface area contributed by atoms with Gasteiger partial charge < -0.3 is 10.1 Å². The van der Waals surface area contributed by atoms with E-state index in [-0.39, 0.29) is 11.9 Å². The molecule has 2 aromatic rings. The highest BCUT2D eigenvalue weighted by molar-refractivity contribution is 7.13. The average Bonchev–Trinajstić information content (AvgIpc) is 3.02. The van der Waals surface area contributed by atoms with Crippen LogP contribution in [0, 0.1) is 0 Å². The minimum Gasteiger partial charge on any atom is -0.381 e. The van der Waals surface area contributed by atoms with Crippen LogP contribution in [-0.4, -0.2) is 35.1 Å². The molecule has 0 radical (unpaired) electrons. The highest BCUT2D eigenvalue weighted by atomic mass is 32.1. The van der Waals surface area contributed by atoms with Crippen molar-refractivity contribution in [3.8, 4) is 10.6 Å². The number of carbonyl (C=O) groups is 1. The lowest BCUT2D eigenvalue weighted by molar-refractivity contribution is 0.0696. The normalized spacial score (nSPS) is 16.0. The second-order valence-electron chi connectivity index (χ2n) is 4.63. The Morgan fingerprint density at radius 1 is 1.40 bits per heavy atom. The second-order valence-corrected chi connectivity index (χ2v) is 5.51. The van der Waals surface area contributed by atoms with Gasteiger partial charge in [-0.25, -0.2) is 0 Å². The largest absolute Gasteiger partial charge is 0.381 e. The summed E-state index contributed by atoms with van der Waals surface area (Å²) in [6.45, 7) is 1.42. The highest BCUT2D eigenvalue weighted by Gasteiger charge is 2.20. The quantitative estimate of drug-likeness (QED) is 0.940. The Morgan fingerprint density at radius 2 is 2.25 bits per heavy atom. The summed E-state index contributed by atoms with van der Waals surface area (Å²) in [5, 5.41) is 3.06. The number of nitrogens with one attached hydrogen (secondary N) is 1. The number of carbonyl (C=O) groups excluding carboxylic acids is 1. The van der Waals surface area contributed by atoms with E-state index < -0.39 is 0 Å². The van der Waals surface area contributed by atoms with Crippen molar-refractivity contribution in [2.45, 2.75) is 18.9 Å². The Balaban J connectivity index is 1.81. The Labute approximate surface area is 121 Å². The van der Waals surface area contributed by atoms with Crippen LogP contribution in [-0.2, 0) is 4.74 Å². The van der Waals surface area contributed by atoms with Gasteiger partial charge >= 0.3 is 0 Å². The van der Waals surface area contributed by atoms with Gasteiger partial charge in [-0.05, 0) is 25.0 Å². The summed E-state index contributed by atoms with van der Waals surface area (Å²) in [6.07, 6.45) is 5.16. The first-order valence-corrected chi connectivity index (χ1v) is 7.45. The Kier molecular flexibility index (Phi) is 4.03. The number of amides is 1. The van der Waals surface area contributed by atoms with Crippen LogP contribution < -0.4 is 5.32 Å². The van der Waals surface area contributed by atoms with Gasteiger partial charge in [0.2, 0.25) is 0 Å². The highest BCUT2D eigenvalue weighted by Crippen LogP contribution is 2.24. The zero-order chi connectivity index (χ0) is 13.8. The number of nitrogens with zero attached hydrogens (tertiary/aromatic N) is 2. The minimum absolute atomic E-state index is 0.0756. The average molecular weight is 289 g/mol. The molecule has 0 saturated carbocycles. The molecule has 20 heavy (non-hydrogen) atoms. The summed E-state index contributed by atoms with van der Waals surface area (Å²) in [5.41, 5.74) is 3.03. The van der Waals surface area contributed by atoms with Crippen molar-refractivity contribution in [1.82, 2.24) is 15.3 Å². The van der Waals surface area contributed by atoms with Crippen molar-refractivity contribution in [2.75, 3.05) is 13.2 Å². The monoisotopic (exact) mass is 289 g/mol. The van der Waals surface area contributed by atoms with Crippen molar-refractivity contribution < 1.29 is 9.53 Å². The fourth-order valence-electron chi connectivity index (χ4n) is 2.22. The van der Waals surface area contributed by atoms with E-state index in [1.54, 1.807) is 30.0 Å². The Morgan fingerprint density at radius 3 is 3.00 bits per heavy atom. The summed E-state index contributed by atoms with van der Waals surface area (Å²) in [4.78, 5) is 21.7. The molecule has 104 valence electrons. The molecule has 1 N–H and O–H groups in total. The molecule has 3 rings (SSSR count). The summed E-state index contributed by atoms with van der Waals surface area (Å²) >= 11 is 1.48. The van der Waals surface area contributed by atoms with Crippen LogP contribution in [0.15, 0.2) is 30.0 Å². The lowest BCUT2D eigenvalue weighted by Gasteiger charge is -2.23. The first-order chi connectivity index (χ1) is 9.84. The summed E-state index contributed by atoms with van der Waals surface area (Å²) in [5.74, 6) is -0.0756. The number of aromatic nitrogens is 2. The van der Waals surface area contributed by atoms with Crippen LogP contribution in [0.4, 0.5) is 0 Å². The smallest absolute Gasteiger partial charge is 0.253 e. The van der Waals surface area contributed by atoms with Gasteiger partial charge in [0.15, 0.2) is 0 Å². The number of hydrogen-bond donors (Lipinski definition) is 1. The molecule has 0 atom stereocenters. The van der Waals surface area contributed by atoms with Crippen molar-refractivity contribution in [3.05, 3.63) is 35.6 Å². The third-order valence-electron chi connectivity index (χ3n) is 3.27. The number of thiazole rings is 1. The van der Waals surface area contributed by atoms with E-state index in [0.29, 0.717) is 24.5 Å². The molecule has 1 amide bonds. The Hall–Kier alpha value is -1.79. The van der Waals surface area contributed by atoms with Gasteiger partial charge in [-0.1, -0.05) is 0 Å². The van der Waals surface area contributed by atoms with E-state index in [9.17, 15) is 4.79 Å². The van der Waals surface area contributed by atoms with Gasteiger partial charge in [0.1, 0.15) is 0 Å². The predicted octanol–water partition coefficient (Wildman–Crippen LogP) is 2.11. The topological polar surface area (TPSA) is 64.1 Å². The van der Waals surface area contributed by atoms with E-state index in [2.05, 4.69) is 15.3 Å². The fraction of sp³-hybridized carbons (Fsp3) is 0.357. The van der Waals surface area contributed by atoms with E-state index >= 15 is 0 Å². The third-order valence-corrected chi connectivity index (χ3v) is 4.05. The molecule has 0 bridgehead atoms. The molecular weight excluding hydrogens is 274 g/mol. The molecule has 1 saturated heterocycles.